The van der Waals surface area contributed by atoms with Gasteiger partial charge in [-0.2, -0.15) is 0 Å². The molecule has 1 aliphatic rings. The molecule has 0 spiro atoms. The number of piperidine rings is 1. The molecule has 2 unspecified atom stereocenters. The van der Waals surface area contributed by atoms with Crippen LogP contribution in [0, 0.1) is 5.92 Å². The molecule has 0 aromatic rings. The number of hydrogen-bond acceptors (Lipinski definition) is 2. The molecule has 0 aromatic heterocycles. The van der Waals surface area contributed by atoms with E-state index in [-0.39, 0.29) is 0 Å². The van der Waals surface area contributed by atoms with Crippen molar-refractivity contribution in [3.63, 3.8) is 0 Å². The van der Waals surface area contributed by atoms with Crippen molar-refractivity contribution >= 4 is 0 Å². The predicted molar refractivity (Wildman–Crippen MR) is 71.8 cm³/mol. The molecule has 16 heavy (non-hydrogen) atoms. The molecular weight excluding hydrogens is 196 g/mol. The van der Waals surface area contributed by atoms with E-state index in [1.165, 1.54) is 58.3 Å². The monoisotopic (exact) mass is 226 g/mol. The Labute approximate surface area is 102 Å². The number of hydrogen-bond donors (Lipinski definition) is 1. The third kappa shape index (κ3) is 4.84. The Hall–Kier alpha value is -0.0800. The lowest BCUT2D eigenvalue weighted by Crippen LogP contribution is -2.47. The van der Waals surface area contributed by atoms with Gasteiger partial charge in [0.15, 0.2) is 0 Å². The van der Waals surface area contributed by atoms with Crippen molar-refractivity contribution in [1.82, 2.24) is 10.2 Å². The summed E-state index contributed by atoms with van der Waals surface area (Å²) in [4.78, 5) is 2.73. The molecule has 0 aromatic carbocycles. The van der Waals surface area contributed by atoms with E-state index in [4.69, 9.17) is 0 Å². The highest BCUT2D eigenvalue weighted by molar-refractivity contribution is 4.79. The van der Waals surface area contributed by atoms with Crippen LogP contribution in [-0.2, 0) is 0 Å². The predicted octanol–water partition coefficient (Wildman–Crippen LogP) is 2.89. The highest BCUT2D eigenvalue weighted by atomic mass is 15.2. The standard InChI is InChI=1S/C14H30N2/c1-4-7-13(3)12-16(10-5-2)14-8-6-9-15-11-14/h13-15H,4-12H2,1-3H3. The topological polar surface area (TPSA) is 15.3 Å². The third-order valence-electron chi connectivity index (χ3n) is 3.63. The van der Waals surface area contributed by atoms with Crippen LogP contribution in [0.2, 0.25) is 0 Å². The van der Waals surface area contributed by atoms with E-state index in [2.05, 4.69) is 31.0 Å². The fourth-order valence-electron chi connectivity index (χ4n) is 2.84. The Morgan fingerprint density at radius 2 is 2.12 bits per heavy atom. The van der Waals surface area contributed by atoms with Gasteiger partial charge >= 0.3 is 0 Å². The molecule has 0 aliphatic carbocycles. The van der Waals surface area contributed by atoms with Crippen molar-refractivity contribution < 1.29 is 0 Å². The molecule has 1 heterocycles. The van der Waals surface area contributed by atoms with Gasteiger partial charge in [0.25, 0.3) is 0 Å². The van der Waals surface area contributed by atoms with Crippen molar-refractivity contribution in [3.8, 4) is 0 Å². The average Bonchev–Trinajstić information content (AvgIpc) is 2.30. The van der Waals surface area contributed by atoms with Gasteiger partial charge in [-0.25, -0.2) is 0 Å². The van der Waals surface area contributed by atoms with Crippen LogP contribution in [0.15, 0.2) is 0 Å². The van der Waals surface area contributed by atoms with Gasteiger partial charge in [0.05, 0.1) is 0 Å². The van der Waals surface area contributed by atoms with Crippen LogP contribution < -0.4 is 5.32 Å². The molecular formula is C14H30N2. The summed E-state index contributed by atoms with van der Waals surface area (Å²) in [6.07, 6.45) is 6.73. The first-order valence-electron chi connectivity index (χ1n) is 7.22. The summed E-state index contributed by atoms with van der Waals surface area (Å²) >= 11 is 0. The van der Waals surface area contributed by atoms with Crippen LogP contribution in [0.3, 0.4) is 0 Å². The first kappa shape index (κ1) is 14.0. The number of nitrogens with one attached hydrogen (secondary N) is 1. The van der Waals surface area contributed by atoms with Crippen LogP contribution in [0.1, 0.15) is 52.9 Å². The van der Waals surface area contributed by atoms with E-state index in [9.17, 15) is 0 Å². The van der Waals surface area contributed by atoms with Gasteiger partial charge in [-0.1, -0.05) is 27.2 Å². The Bertz CT molecular complexity index is 164. The number of nitrogens with zero attached hydrogens (tertiary/aromatic N) is 1. The largest absolute Gasteiger partial charge is 0.315 e. The molecule has 2 heteroatoms. The minimum Gasteiger partial charge on any atom is -0.315 e. The SMILES string of the molecule is CCCC(C)CN(CCC)C1CCCNC1. The number of rotatable bonds is 7. The summed E-state index contributed by atoms with van der Waals surface area (Å²) < 4.78 is 0. The third-order valence-corrected chi connectivity index (χ3v) is 3.63. The molecule has 0 amide bonds. The van der Waals surface area contributed by atoms with Crippen molar-refractivity contribution in [2.45, 2.75) is 58.9 Å². The summed E-state index contributed by atoms with van der Waals surface area (Å²) in [5.74, 6) is 0.860. The van der Waals surface area contributed by atoms with Crippen LogP contribution in [-0.4, -0.2) is 37.1 Å². The van der Waals surface area contributed by atoms with E-state index < -0.39 is 0 Å². The molecule has 1 aliphatic heterocycles. The lowest BCUT2D eigenvalue weighted by atomic mass is 10.0. The Morgan fingerprint density at radius 3 is 2.69 bits per heavy atom. The van der Waals surface area contributed by atoms with Crippen molar-refractivity contribution in [2.75, 3.05) is 26.2 Å². The summed E-state index contributed by atoms with van der Waals surface area (Å²) in [6, 6.07) is 0.799. The van der Waals surface area contributed by atoms with Gasteiger partial charge in [-0.3, -0.25) is 4.90 Å². The van der Waals surface area contributed by atoms with Crippen LogP contribution >= 0.6 is 0 Å². The fourth-order valence-corrected chi connectivity index (χ4v) is 2.84. The van der Waals surface area contributed by atoms with Crippen LogP contribution in [0.25, 0.3) is 0 Å². The summed E-state index contributed by atoms with van der Waals surface area (Å²) in [5, 5.41) is 3.54. The zero-order valence-electron chi connectivity index (χ0n) is 11.5. The van der Waals surface area contributed by atoms with Crippen LogP contribution in [0.5, 0.6) is 0 Å². The summed E-state index contributed by atoms with van der Waals surface area (Å²) in [5.41, 5.74) is 0. The molecule has 1 fully saturated rings. The first-order chi connectivity index (χ1) is 7.77. The van der Waals surface area contributed by atoms with E-state index >= 15 is 0 Å². The minimum atomic E-state index is 0.799. The molecule has 0 radical (unpaired) electrons. The second-order valence-corrected chi connectivity index (χ2v) is 5.39. The minimum absolute atomic E-state index is 0.799. The molecule has 2 atom stereocenters. The highest BCUT2D eigenvalue weighted by Gasteiger charge is 2.21. The first-order valence-corrected chi connectivity index (χ1v) is 7.22. The second-order valence-electron chi connectivity index (χ2n) is 5.39. The second kappa shape index (κ2) is 8.08. The maximum absolute atomic E-state index is 3.54. The van der Waals surface area contributed by atoms with Gasteiger partial charge < -0.3 is 5.32 Å². The van der Waals surface area contributed by atoms with Gasteiger partial charge in [-0.05, 0) is 44.7 Å². The van der Waals surface area contributed by atoms with Crippen molar-refractivity contribution in [1.29, 1.82) is 0 Å². The lowest BCUT2D eigenvalue weighted by Gasteiger charge is -2.36. The highest BCUT2D eigenvalue weighted by Crippen LogP contribution is 2.15. The van der Waals surface area contributed by atoms with Gasteiger partial charge in [0.2, 0.25) is 0 Å². The van der Waals surface area contributed by atoms with Gasteiger partial charge in [0.1, 0.15) is 0 Å². The Balaban J connectivity index is 2.38. The Kier molecular flexibility index (Phi) is 7.06. The van der Waals surface area contributed by atoms with Gasteiger partial charge in [0, 0.05) is 19.1 Å². The molecule has 1 N–H and O–H groups in total. The van der Waals surface area contributed by atoms with E-state index in [1.54, 1.807) is 0 Å². The smallest absolute Gasteiger partial charge is 0.0221 e. The summed E-state index contributed by atoms with van der Waals surface area (Å²) in [6.45, 7) is 12.0. The van der Waals surface area contributed by atoms with Gasteiger partial charge in [-0.15, -0.1) is 0 Å². The molecule has 2 nitrogen and oxygen atoms in total. The van der Waals surface area contributed by atoms with E-state index in [0.717, 1.165) is 12.0 Å². The molecule has 96 valence electrons. The van der Waals surface area contributed by atoms with E-state index in [1.807, 2.05) is 0 Å². The fraction of sp³-hybridized carbons (Fsp3) is 1.00. The zero-order chi connectivity index (χ0) is 11.8. The average molecular weight is 226 g/mol. The van der Waals surface area contributed by atoms with Crippen molar-refractivity contribution in [2.24, 2.45) is 5.92 Å². The van der Waals surface area contributed by atoms with E-state index in [0.29, 0.717) is 0 Å². The maximum atomic E-state index is 3.54. The Morgan fingerprint density at radius 1 is 1.31 bits per heavy atom. The normalized spacial score (nSPS) is 23.6. The quantitative estimate of drug-likeness (QED) is 0.718. The maximum Gasteiger partial charge on any atom is 0.0221 e. The molecule has 0 saturated carbocycles. The van der Waals surface area contributed by atoms with Crippen molar-refractivity contribution in [3.05, 3.63) is 0 Å². The molecule has 0 bridgehead atoms. The molecule has 1 rings (SSSR count). The lowest BCUT2D eigenvalue weighted by molar-refractivity contribution is 0.143. The van der Waals surface area contributed by atoms with Crippen LogP contribution in [0.4, 0.5) is 0 Å². The zero-order valence-corrected chi connectivity index (χ0v) is 11.5. The summed E-state index contributed by atoms with van der Waals surface area (Å²) in [7, 11) is 0. The molecule has 1 saturated heterocycles.